The highest BCUT2D eigenvalue weighted by Crippen LogP contribution is 2.23. The first-order valence-corrected chi connectivity index (χ1v) is 10.2. The molecule has 0 radical (unpaired) electrons. The van der Waals surface area contributed by atoms with Gasteiger partial charge in [-0.05, 0) is 17.7 Å². The number of carbonyl (C=O) groups is 1. The van der Waals surface area contributed by atoms with Crippen molar-refractivity contribution in [3.05, 3.63) is 29.8 Å². The fourth-order valence-corrected chi connectivity index (χ4v) is 3.64. The second-order valence-electron chi connectivity index (χ2n) is 5.57. The first kappa shape index (κ1) is 22.6. The molecular weight excluding hydrogens is 380 g/mol. The van der Waals surface area contributed by atoms with E-state index >= 15 is 0 Å². The van der Waals surface area contributed by atoms with Gasteiger partial charge in [-0.15, -0.1) is 0 Å². The summed E-state index contributed by atoms with van der Waals surface area (Å²) in [5, 5.41) is 0.467. The third-order valence-corrected chi connectivity index (χ3v) is 5.75. The molecule has 2 rings (SSSR count). The van der Waals surface area contributed by atoms with Crippen LogP contribution in [0.2, 0.25) is 0 Å². The van der Waals surface area contributed by atoms with Gasteiger partial charge < -0.3 is 14.5 Å². The lowest BCUT2D eigenvalue weighted by molar-refractivity contribution is 0.156. The van der Waals surface area contributed by atoms with Crippen LogP contribution in [0.25, 0.3) is 0 Å². The molecule has 2 amide bonds. The Labute approximate surface area is 159 Å². The van der Waals surface area contributed by atoms with Crippen molar-refractivity contribution >= 4 is 28.2 Å². The number of rotatable bonds is 6. The molecular formula is C16H26N2O6S2. The van der Waals surface area contributed by atoms with Crippen molar-refractivity contribution < 1.29 is 26.3 Å². The predicted molar refractivity (Wildman–Crippen MR) is 102 cm³/mol. The largest absolute Gasteiger partial charge is 0.497 e. The van der Waals surface area contributed by atoms with Gasteiger partial charge in [0.1, 0.15) is 5.75 Å². The number of thioether (sulfide) groups is 1. The summed E-state index contributed by atoms with van der Waals surface area (Å²) in [6.07, 6.45) is 0. The van der Waals surface area contributed by atoms with Crippen LogP contribution in [0.1, 0.15) is 5.56 Å². The van der Waals surface area contributed by atoms with E-state index in [4.69, 9.17) is 4.74 Å². The van der Waals surface area contributed by atoms with Crippen molar-refractivity contribution in [3.8, 4) is 5.75 Å². The molecule has 1 aromatic rings. The molecule has 1 fully saturated rings. The average molecular weight is 407 g/mol. The Morgan fingerprint density at radius 1 is 1.04 bits per heavy atom. The number of amides is 2. The monoisotopic (exact) mass is 406 g/mol. The minimum Gasteiger partial charge on any atom is -0.497 e. The summed E-state index contributed by atoms with van der Waals surface area (Å²) in [6, 6.07) is 8.26. The molecule has 148 valence electrons. The fourth-order valence-electron chi connectivity index (χ4n) is 2.23. The molecule has 0 atom stereocenters. The van der Waals surface area contributed by atoms with Gasteiger partial charge in [-0.25, -0.2) is 4.79 Å². The van der Waals surface area contributed by atoms with Crippen LogP contribution < -0.4 is 4.74 Å². The zero-order valence-corrected chi connectivity index (χ0v) is 17.3. The van der Waals surface area contributed by atoms with Crippen LogP contribution in [0.4, 0.5) is 4.79 Å². The molecule has 0 bridgehead atoms. The predicted octanol–water partition coefficient (Wildman–Crippen LogP) is 1.82. The topological polar surface area (TPSA) is 85.4 Å². The van der Waals surface area contributed by atoms with Gasteiger partial charge >= 0.3 is 16.4 Å². The molecule has 0 N–H and O–H groups in total. The van der Waals surface area contributed by atoms with Gasteiger partial charge in [0.25, 0.3) is 0 Å². The molecule has 0 aliphatic carbocycles. The van der Waals surface area contributed by atoms with E-state index in [-0.39, 0.29) is 6.03 Å². The van der Waals surface area contributed by atoms with Crippen molar-refractivity contribution in [1.29, 1.82) is 0 Å². The molecule has 10 heteroatoms. The van der Waals surface area contributed by atoms with E-state index < -0.39 is 10.4 Å². The highest BCUT2D eigenvalue weighted by Gasteiger charge is 2.26. The minimum absolute atomic E-state index is 0.112. The van der Waals surface area contributed by atoms with Gasteiger partial charge in [0.2, 0.25) is 0 Å². The molecule has 1 aromatic carbocycles. The third-order valence-electron chi connectivity index (χ3n) is 3.66. The number of benzene rings is 1. The molecule has 1 heterocycles. The summed E-state index contributed by atoms with van der Waals surface area (Å²) in [5.74, 6) is 1.85. The van der Waals surface area contributed by atoms with Crippen molar-refractivity contribution in [2.45, 2.75) is 11.0 Å². The second kappa shape index (κ2) is 10.6. The van der Waals surface area contributed by atoms with Crippen molar-refractivity contribution in [1.82, 2.24) is 9.80 Å². The van der Waals surface area contributed by atoms with Crippen LogP contribution in [-0.4, -0.2) is 78.0 Å². The van der Waals surface area contributed by atoms with Crippen LogP contribution in [0.3, 0.4) is 0 Å². The fraction of sp³-hybridized carbons (Fsp3) is 0.562. The number of hydrogen-bond acceptors (Lipinski definition) is 7. The number of methoxy groups -OCH3 is 1. The molecule has 1 aliphatic heterocycles. The molecule has 26 heavy (non-hydrogen) atoms. The van der Waals surface area contributed by atoms with E-state index in [0.29, 0.717) is 5.25 Å². The lowest BCUT2D eigenvalue weighted by Crippen LogP contribution is -2.51. The Bertz CT molecular complexity index is 642. The highest BCUT2D eigenvalue weighted by molar-refractivity contribution is 7.99. The number of carbonyl (C=O) groups excluding carboxylic acids is 1. The minimum atomic E-state index is -3.66. The molecule has 8 nitrogen and oxygen atoms in total. The Morgan fingerprint density at radius 2 is 1.54 bits per heavy atom. The van der Waals surface area contributed by atoms with E-state index in [2.05, 4.69) is 20.5 Å². The molecule has 0 saturated carbocycles. The number of urea groups is 1. The number of nitrogens with zero attached hydrogens (tertiary/aromatic N) is 2. The normalized spacial score (nSPS) is 15.5. The molecule has 0 aromatic heterocycles. The summed E-state index contributed by atoms with van der Waals surface area (Å²) in [5.41, 5.74) is 1.29. The smallest absolute Gasteiger partial charge is 0.399 e. The standard InChI is InChI=1S/C14H20N2O2S.C2H6O4S/c1-15-8-13(9-16(2)14(15)17)19-10-11-4-6-12(18-3)7-5-11;1-5-7(3,4)6-2/h4-7,13H,8-10H2,1-3H3;1-2H3. The van der Waals surface area contributed by atoms with Gasteiger partial charge in [-0.3, -0.25) is 8.37 Å². The first-order valence-electron chi connectivity index (χ1n) is 7.79. The summed E-state index contributed by atoms with van der Waals surface area (Å²) in [6.45, 7) is 1.65. The molecule has 1 aliphatic rings. The van der Waals surface area contributed by atoms with Gasteiger partial charge in [0, 0.05) is 38.2 Å². The van der Waals surface area contributed by atoms with Crippen molar-refractivity contribution in [3.63, 3.8) is 0 Å². The van der Waals surface area contributed by atoms with Gasteiger partial charge in [0.05, 0.1) is 21.3 Å². The van der Waals surface area contributed by atoms with E-state index in [1.165, 1.54) is 5.56 Å². The SMILES string of the molecule is COS(=O)(=O)OC.COc1ccc(CSC2CN(C)C(=O)N(C)C2)cc1. The summed E-state index contributed by atoms with van der Waals surface area (Å²) in [4.78, 5) is 15.2. The van der Waals surface area contributed by atoms with Crippen LogP contribution in [0, 0.1) is 0 Å². The third kappa shape index (κ3) is 7.40. The maximum atomic E-state index is 11.6. The summed E-state index contributed by atoms with van der Waals surface area (Å²) < 4.78 is 32.7. The van der Waals surface area contributed by atoms with Crippen LogP contribution in [0.15, 0.2) is 24.3 Å². The quantitative estimate of drug-likeness (QED) is 0.712. The number of ether oxygens (including phenoxy) is 1. The van der Waals surface area contributed by atoms with E-state index in [0.717, 1.165) is 38.8 Å². The van der Waals surface area contributed by atoms with Crippen LogP contribution in [-0.2, 0) is 24.5 Å². The maximum absolute atomic E-state index is 11.6. The average Bonchev–Trinajstić information content (AvgIpc) is 2.65. The zero-order chi connectivity index (χ0) is 19.7. The van der Waals surface area contributed by atoms with Gasteiger partial charge in [-0.2, -0.15) is 20.2 Å². The summed E-state index contributed by atoms with van der Waals surface area (Å²) >= 11 is 1.90. The Kier molecular flexibility index (Phi) is 9.20. The lowest BCUT2D eigenvalue weighted by atomic mass is 10.2. The highest BCUT2D eigenvalue weighted by atomic mass is 32.3. The van der Waals surface area contributed by atoms with E-state index in [9.17, 15) is 13.2 Å². The van der Waals surface area contributed by atoms with Gasteiger partial charge in [-0.1, -0.05) is 12.1 Å². The van der Waals surface area contributed by atoms with Gasteiger partial charge in [0.15, 0.2) is 0 Å². The first-order chi connectivity index (χ1) is 12.2. The van der Waals surface area contributed by atoms with Crippen molar-refractivity contribution in [2.24, 2.45) is 0 Å². The zero-order valence-electron chi connectivity index (χ0n) is 15.7. The second-order valence-corrected chi connectivity index (χ2v) is 8.34. The van der Waals surface area contributed by atoms with E-state index in [1.54, 1.807) is 16.9 Å². The van der Waals surface area contributed by atoms with Crippen LogP contribution >= 0.6 is 11.8 Å². The van der Waals surface area contributed by atoms with Crippen molar-refractivity contribution in [2.75, 3.05) is 48.5 Å². The molecule has 0 unspecified atom stereocenters. The Balaban J connectivity index is 0.000000412. The molecule has 1 saturated heterocycles. The Hall–Kier alpha value is -1.49. The molecule has 0 spiro atoms. The summed E-state index contributed by atoms with van der Waals surface area (Å²) in [7, 11) is 3.79. The lowest BCUT2D eigenvalue weighted by Gasteiger charge is -2.35. The maximum Gasteiger partial charge on any atom is 0.399 e. The van der Waals surface area contributed by atoms with E-state index in [1.807, 2.05) is 38.0 Å². The Morgan fingerprint density at radius 3 is 1.92 bits per heavy atom. The van der Waals surface area contributed by atoms with Crippen LogP contribution in [0.5, 0.6) is 5.75 Å². The number of hydrogen-bond donors (Lipinski definition) is 0.